The van der Waals surface area contributed by atoms with E-state index in [1.54, 1.807) is 25.1 Å². The number of hydrogen-bond acceptors (Lipinski definition) is 5. The predicted molar refractivity (Wildman–Crippen MR) is 91.9 cm³/mol. The Morgan fingerprint density at radius 1 is 1.36 bits per heavy atom. The molecule has 0 atom stereocenters. The fraction of sp³-hybridized carbons (Fsp3) is 0.125. The Hall–Kier alpha value is -3.13. The van der Waals surface area contributed by atoms with Crippen LogP contribution in [0.4, 0.5) is 11.4 Å². The van der Waals surface area contributed by atoms with Crippen LogP contribution in [-0.4, -0.2) is 15.4 Å². The highest BCUT2D eigenvalue weighted by molar-refractivity contribution is 6.31. The zero-order chi connectivity index (χ0) is 18.1. The second-order valence-electron chi connectivity index (χ2n) is 5.32. The summed E-state index contributed by atoms with van der Waals surface area (Å²) in [6.07, 6.45) is 0. The number of carbonyl (C=O) groups is 1. The Bertz CT molecular complexity index is 1050. The van der Waals surface area contributed by atoms with E-state index in [4.69, 9.17) is 16.0 Å². The molecule has 0 bridgehead atoms. The molecular weight excluding hydrogens is 350 g/mol. The maximum Gasteiger partial charge on any atom is 0.420 e. The van der Waals surface area contributed by atoms with Gasteiger partial charge in [0.15, 0.2) is 5.58 Å². The van der Waals surface area contributed by atoms with E-state index in [9.17, 15) is 19.7 Å². The van der Waals surface area contributed by atoms with Crippen molar-refractivity contribution >= 4 is 40.0 Å². The molecule has 0 aliphatic rings. The van der Waals surface area contributed by atoms with Gasteiger partial charge in [-0.05, 0) is 30.7 Å². The van der Waals surface area contributed by atoms with Gasteiger partial charge in [0.25, 0.3) is 5.69 Å². The van der Waals surface area contributed by atoms with Crippen LogP contribution in [0.2, 0.25) is 5.02 Å². The van der Waals surface area contributed by atoms with Gasteiger partial charge in [0, 0.05) is 16.8 Å². The van der Waals surface area contributed by atoms with Crippen LogP contribution in [0.25, 0.3) is 11.1 Å². The van der Waals surface area contributed by atoms with Crippen LogP contribution in [0.3, 0.4) is 0 Å². The topological polar surface area (TPSA) is 107 Å². The normalized spacial score (nSPS) is 10.8. The molecule has 1 N–H and O–H groups in total. The van der Waals surface area contributed by atoms with Crippen molar-refractivity contribution in [3.8, 4) is 0 Å². The number of carbonyl (C=O) groups excluding carboxylic acids is 1. The molecule has 3 rings (SSSR count). The average Bonchev–Trinajstić information content (AvgIpc) is 2.86. The zero-order valence-corrected chi connectivity index (χ0v) is 13.7. The van der Waals surface area contributed by atoms with Crippen molar-refractivity contribution in [1.29, 1.82) is 0 Å². The van der Waals surface area contributed by atoms with E-state index >= 15 is 0 Å². The first-order valence-corrected chi connectivity index (χ1v) is 7.57. The van der Waals surface area contributed by atoms with Gasteiger partial charge in [-0.2, -0.15) is 0 Å². The van der Waals surface area contributed by atoms with E-state index in [-0.39, 0.29) is 17.8 Å². The van der Waals surface area contributed by atoms with Gasteiger partial charge in [0.1, 0.15) is 6.54 Å². The Morgan fingerprint density at radius 2 is 2.12 bits per heavy atom. The van der Waals surface area contributed by atoms with E-state index in [0.29, 0.717) is 21.8 Å². The van der Waals surface area contributed by atoms with E-state index in [1.807, 2.05) is 0 Å². The van der Waals surface area contributed by atoms with Crippen LogP contribution in [-0.2, 0) is 11.3 Å². The van der Waals surface area contributed by atoms with Gasteiger partial charge in [-0.25, -0.2) is 4.79 Å². The smallest absolute Gasteiger partial charge is 0.407 e. The standard InChI is InChI=1S/C16H12ClN3O5/c1-9-11(17)3-2-4-12(9)18-15(21)8-19-13-6-5-10(20(23)24)7-14(13)25-16(19)22/h2-7H,8H2,1H3,(H,18,21). The molecule has 1 heterocycles. The fourth-order valence-electron chi connectivity index (χ4n) is 2.39. The molecule has 8 nitrogen and oxygen atoms in total. The first kappa shape index (κ1) is 16.7. The maximum absolute atomic E-state index is 12.3. The van der Waals surface area contributed by atoms with Crippen LogP contribution in [0.15, 0.2) is 45.6 Å². The molecule has 128 valence electrons. The highest BCUT2D eigenvalue weighted by Gasteiger charge is 2.16. The summed E-state index contributed by atoms with van der Waals surface area (Å²) in [5, 5.41) is 14.0. The molecule has 9 heteroatoms. The van der Waals surface area contributed by atoms with Gasteiger partial charge in [-0.15, -0.1) is 0 Å². The van der Waals surface area contributed by atoms with Gasteiger partial charge in [0.05, 0.1) is 16.5 Å². The third kappa shape index (κ3) is 3.24. The van der Waals surface area contributed by atoms with Crippen LogP contribution >= 0.6 is 11.6 Å². The summed E-state index contributed by atoms with van der Waals surface area (Å²) in [5.41, 5.74) is 1.39. The van der Waals surface area contributed by atoms with E-state index < -0.39 is 16.6 Å². The second kappa shape index (κ2) is 6.40. The minimum Gasteiger partial charge on any atom is -0.407 e. The molecule has 2 aromatic carbocycles. The Labute approximate surface area is 145 Å². The number of halogens is 1. The van der Waals surface area contributed by atoms with Gasteiger partial charge in [-0.1, -0.05) is 17.7 Å². The molecule has 0 saturated carbocycles. The first-order valence-electron chi connectivity index (χ1n) is 7.19. The highest BCUT2D eigenvalue weighted by atomic mass is 35.5. The van der Waals surface area contributed by atoms with Crippen molar-refractivity contribution in [3.05, 3.63) is 67.6 Å². The first-order chi connectivity index (χ1) is 11.9. The minimum atomic E-state index is -0.770. The molecule has 0 radical (unpaired) electrons. The number of hydrogen-bond donors (Lipinski definition) is 1. The lowest BCUT2D eigenvalue weighted by molar-refractivity contribution is -0.384. The van der Waals surface area contributed by atoms with Gasteiger partial charge in [-0.3, -0.25) is 19.5 Å². The lowest BCUT2D eigenvalue weighted by Gasteiger charge is -2.09. The van der Waals surface area contributed by atoms with Crippen molar-refractivity contribution in [2.24, 2.45) is 0 Å². The molecule has 1 amide bonds. The second-order valence-corrected chi connectivity index (χ2v) is 5.73. The predicted octanol–water partition coefficient (Wildman–Crippen LogP) is 3.10. The zero-order valence-electron chi connectivity index (χ0n) is 13.0. The van der Waals surface area contributed by atoms with E-state index in [1.165, 1.54) is 12.1 Å². The lowest BCUT2D eigenvalue weighted by atomic mass is 10.2. The molecule has 1 aromatic heterocycles. The minimum absolute atomic E-state index is 0.0472. The van der Waals surface area contributed by atoms with E-state index in [2.05, 4.69) is 5.32 Å². The summed E-state index contributed by atoms with van der Waals surface area (Å²) in [4.78, 5) is 34.4. The summed E-state index contributed by atoms with van der Waals surface area (Å²) in [6.45, 7) is 1.46. The number of anilines is 1. The average molecular weight is 362 g/mol. The number of nitrogens with zero attached hydrogens (tertiary/aromatic N) is 2. The van der Waals surface area contributed by atoms with E-state index in [0.717, 1.165) is 10.6 Å². The largest absolute Gasteiger partial charge is 0.420 e. The Morgan fingerprint density at radius 3 is 2.84 bits per heavy atom. The number of amides is 1. The molecule has 0 aliphatic carbocycles. The summed E-state index contributed by atoms with van der Waals surface area (Å²) in [5.74, 6) is -1.22. The number of aromatic nitrogens is 1. The van der Waals surface area contributed by atoms with Crippen LogP contribution < -0.4 is 11.1 Å². The highest BCUT2D eigenvalue weighted by Crippen LogP contribution is 2.23. The summed E-state index contributed by atoms with van der Waals surface area (Å²) in [7, 11) is 0. The molecule has 3 aromatic rings. The number of rotatable bonds is 4. The Kier molecular flexibility index (Phi) is 4.28. The number of non-ortho nitro benzene ring substituents is 1. The van der Waals surface area contributed by atoms with Crippen molar-refractivity contribution < 1.29 is 14.1 Å². The third-order valence-electron chi connectivity index (χ3n) is 3.71. The molecule has 0 aliphatic heterocycles. The van der Waals surface area contributed by atoms with Gasteiger partial charge >= 0.3 is 5.76 Å². The van der Waals surface area contributed by atoms with Crippen molar-refractivity contribution in [1.82, 2.24) is 4.57 Å². The summed E-state index contributed by atoms with van der Waals surface area (Å²) >= 11 is 6.01. The number of nitro benzene ring substituents is 1. The number of oxazole rings is 1. The van der Waals surface area contributed by atoms with Crippen molar-refractivity contribution in [2.75, 3.05) is 5.32 Å². The fourth-order valence-corrected chi connectivity index (χ4v) is 2.57. The number of benzene rings is 2. The van der Waals surface area contributed by atoms with Crippen LogP contribution in [0.1, 0.15) is 5.56 Å². The number of nitrogens with one attached hydrogen (secondary N) is 1. The lowest BCUT2D eigenvalue weighted by Crippen LogP contribution is -2.25. The molecule has 0 saturated heterocycles. The third-order valence-corrected chi connectivity index (χ3v) is 4.12. The van der Waals surface area contributed by atoms with Crippen molar-refractivity contribution in [3.63, 3.8) is 0 Å². The quantitative estimate of drug-likeness (QED) is 0.567. The monoisotopic (exact) mass is 361 g/mol. The molecule has 25 heavy (non-hydrogen) atoms. The maximum atomic E-state index is 12.3. The number of fused-ring (bicyclic) bond motifs is 1. The number of nitro groups is 1. The molecule has 0 unspecified atom stereocenters. The van der Waals surface area contributed by atoms with Gasteiger partial charge < -0.3 is 9.73 Å². The summed E-state index contributed by atoms with van der Waals surface area (Å²) in [6, 6.07) is 8.85. The van der Waals surface area contributed by atoms with Crippen molar-refractivity contribution in [2.45, 2.75) is 13.5 Å². The molecule has 0 fully saturated rings. The Balaban J connectivity index is 1.88. The van der Waals surface area contributed by atoms with Crippen LogP contribution in [0.5, 0.6) is 0 Å². The van der Waals surface area contributed by atoms with Crippen LogP contribution in [0, 0.1) is 17.0 Å². The molecule has 0 spiro atoms. The SMILES string of the molecule is Cc1c(Cl)cccc1NC(=O)Cn1c(=O)oc2cc([N+](=O)[O-])ccc21. The van der Waals surface area contributed by atoms with Gasteiger partial charge in [0.2, 0.25) is 5.91 Å². The molecular formula is C16H12ClN3O5. The summed E-state index contributed by atoms with van der Waals surface area (Å²) < 4.78 is 6.09.